The predicted octanol–water partition coefficient (Wildman–Crippen LogP) is 4.86. The Labute approximate surface area is 172 Å². The van der Waals surface area contributed by atoms with Gasteiger partial charge in [-0.3, -0.25) is 0 Å². The van der Waals surface area contributed by atoms with Crippen LogP contribution >= 0.6 is 11.8 Å². The molecule has 6 heteroatoms. The zero-order valence-corrected chi connectivity index (χ0v) is 17.7. The van der Waals surface area contributed by atoms with Crippen LogP contribution in [-0.4, -0.2) is 48.5 Å². The number of carbonyl (C=O) groups is 1. The first kappa shape index (κ1) is 19.9. The molecule has 2 heterocycles. The normalized spacial score (nSPS) is 25.2. The molecule has 0 spiro atoms. The van der Waals surface area contributed by atoms with E-state index in [0.29, 0.717) is 12.5 Å². The molecule has 2 saturated carbocycles. The molecular formula is C22H32N2O3S. The molecule has 3 aliphatic rings. The largest absolute Gasteiger partial charge is 0.478 e. The van der Waals surface area contributed by atoms with Crippen LogP contribution in [0.4, 0.5) is 4.79 Å². The summed E-state index contributed by atoms with van der Waals surface area (Å²) in [5.41, 5.74) is 0. The van der Waals surface area contributed by atoms with E-state index in [9.17, 15) is 4.79 Å². The fourth-order valence-electron chi connectivity index (χ4n) is 4.52. The molecule has 1 saturated heterocycles. The Morgan fingerprint density at radius 2 is 2.07 bits per heavy atom. The molecule has 28 heavy (non-hydrogen) atoms. The van der Waals surface area contributed by atoms with Crippen molar-refractivity contribution in [3.05, 3.63) is 18.3 Å². The summed E-state index contributed by atoms with van der Waals surface area (Å²) in [4.78, 5) is 19.6. The van der Waals surface area contributed by atoms with Gasteiger partial charge in [0.2, 0.25) is 5.88 Å². The zero-order valence-electron chi connectivity index (χ0n) is 16.8. The van der Waals surface area contributed by atoms with E-state index in [1.54, 1.807) is 11.8 Å². The molecule has 0 N–H and O–H groups in total. The van der Waals surface area contributed by atoms with E-state index in [-0.39, 0.29) is 6.09 Å². The third-order valence-corrected chi connectivity index (χ3v) is 7.44. The van der Waals surface area contributed by atoms with E-state index >= 15 is 0 Å². The number of pyridine rings is 1. The average molecular weight is 405 g/mol. The predicted molar refractivity (Wildman–Crippen MR) is 111 cm³/mol. The summed E-state index contributed by atoms with van der Waals surface area (Å²) in [6.45, 7) is 3.09. The lowest BCUT2D eigenvalue weighted by Crippen LogP contribution is -2.40. The Morgan fingerprint density at radius 3 is 2.71 bits per heavy atom. The van der Waals surface area contributed by atoms with Crippen LogP contribution in [0.25, 0.3) is 0 Å². The number of carbonyl (C=O) groups excluding carboxylic acids is 1. The minimum absolute atomic E-state index is 0.0916. The molecule has 0 aromatic carbocycles. The van der Waals surface area contributed by atoms with E-state index in [0.717, 1.165) is 67.5 Å². The fourth-order valence-corrected chi connectivity index (χ4v) is 4.88. The van der Waals surface area contributed by atoms with Gasteiger partial charge in [-0.25, -0.2) is 9.78 Å². The highest BCUT2D eigenvalue weighted by Gasteiger charge is 2.43. The van der Waals surface area contributed by atoms with Gasteiger partial charge in [0.15, 0.2) is 0 Å². The fraction of sp³-hybridized carbons (Fsp3) is 0.727. The number of piperidine rings is 1. The minimum atomic E-state index is -0.0916. The van der Waals surface area contributed by atoms with Crippen molar-refractivity contribution in [3.63, 3.8) is 0 Å². The Balaban J connectivity index is 1.10. The second kappa shape index (κ2) is 9.38. The second-order valence-electron chi connectivity index (χ2n) is 8.53. The number of ether oxygens (including phenoxy) is 2. The summed E-state index contributed by atoms with van der Waals surface area (Å²) < 4.78 is 11.3. The lowest BCUT2D eigenvalue weighted by molar-refractivity contribution is 0.0602. The van der Waals surface area contributed by atoms with Crippen LogP contribution in [0.5, 0.6) is 5.88 Å². The van der Waals surface area contributed by atoms with Crippen molar-refractivity contribution in [2.24, 2.45) is 23.7 Å². The number of rotatable bonds is 8. The van der Waals surface area contributed by atoms with Gasteiger partial charge in [-0.1, -0.05) is 6.42 Å². The molecule has 1 amide bonds. The van der Waals surface area contributed by atoms with Crippen LogP contribution in [0.2, 0.25) is 0 Å². The molecule has 3 fully saturated rings. The maximum Gasteiger partial charge on any atom is 0.409 e. The van der Waals surface area contributed by atoms with Gasteiger partial charge in [0.05, 0.1) is 13.2 Å². The van der Waals surface area contributed by atoms with Gasteiger partial charge < -0.3 is 14.4 Å². The first-order valence-electron chi connectivity index (χ1n) is 10.8. The van der Waals surface area contributed by atoms with E-state index in [2.05, 4.69) is 11.1 Å². The molecule has 1 aromatic rings. The Morgan fingerprint density at radius 1 is 1.25 bits per heavy atom. The molecule has 154 valence electrons. The molecule has 4 rings (SSSR count). The number of nitrogens with zero attached hydrogens (tertiary/aromatic N) is 2. The smallest absolute Gasteiger partial charge is 0.409 e. The topological polar surface area (TPSA) is 51.7 Å². The van der Waals surface area contributed by atoms with Crippen molar-refractivity contribution >= 4 is 17.9 Å². The molecule has 2 atom stereocenters. The highest BCUT2D eigenvalue weighted by Crippen LogP contribution is 2.49. The molecule has 5 nitrogen and oxygen atoms in total. The maximum absolute atomic E-state index is 12.2. The molecule has 2 unspecified atom stereocenters. The Hall–Kier alpha value is -1.43. The number of amides is 1. The summed E-state index contributed by atoms with van der Waals surface area (Å²) in [5.74, 6) is 3.72. The highest BCUT2D eigenvalue weighted by atomic mass is 32.2. The van der Waals surface area contributed by atoms with Crippen LogP contribution in [0.15, 0.2) is 23.2 Å². The number of likely N-dealkylation sites (tertiary alicyclic amines) is 1. The first-order valence-corrected chi connectivity index (χ1v) is 12.0. The van der Waals surface area contributed by atoms with Crippen molar-refractivity contribution < 1.29 is 14.3 Å². The van der Waals surface area contributed by atoms with Crippen LogP contribution in [0.1, 0.15) is 44.9 Å². The van der Waals surface area contributed by atoms with Crippen molar-refractivity contribution in [1.29, 1.82) is 0 Å². The number of thioether (sulfide) groups is 1. The lowest BCUT2D eigenvalue weighted by Gasteiger charge is -2.33. The van der Waals surface area contributed by atoms with Crippen molar-refractivity contribution in [3.8, 4) is 5.88 Å². The second-order valence-corrected chi connectivity index (χ2v) is 9.41. The summed E-state index contributed by atoms with van der Waals surface area (Å²) in [6.07, 6.45) is 12.2. The van der Waals surface area contributed by atoms with Crippen molar-refractivity contribution in [2.75, 3.05) is 32.6 Å². The quantitative estimate of drug-likeness (QED) is 0.579. The van der Waals surface area contributed by atoms with Crippen molar-refractivity contribution in [2.45, 2.75) is 49.8 Å². The van der Waals surface area contributed by atoms with Gasteiger partial charge >= 0.3 is 6.09 Å². The van der Waals surface area contributed by atoms with E-state index in [1.807, 2.05) is 23.4 Å². The third-order valence-electron chi connectivity index (χ3n) is 6.73. The van der Waals surface area contributed by atoms with Crippen molar-refractivity contribution in [1.82, 2.24) is 9.88 Å². The molecule has 1 aliphatic heterocycles. The average Bonchev–Trinajstić information content (AvgIpc) is 3.47. The molecule has 0 radical (unpaired) electrons. The van der Waals surface area contributed by atoms with Gasteiger partial charge in [0.25, 0.3) is 0 Å². The minimum Gasteiger partial charge on any atom is -0.478 e. The molecule has 0 bridgehead atoms. The number of hydrogen-bond acceptors (Lipinski definition) is 5. The third kappa shape index (κ3) is 5.13. The monoisotopic (exact) mass is 404 g/mol. The molecule has 2 aliphatic carbocycles. The maximum atomic E-state index is 12.2. The van der Waals surface area contributed by atoms with E-state index < -0.39 is 0 Å². The van der Waals surface area contributed by atoms with Gasteiger partial charge in [0.1, 0.15) is 0 Å². The summed E-state index contributed by atoms with van der Waals surface area (Å²) in [5, 5.41) is 0. The molecule has 1 aromatic heterocycles. The van der Waals surface area contributed by atoms with Crippen LogP contribution in [0.3, 0.4) is 0 Å². The number of hydrogen-bond donors (Lipinski definition) is 0. The SMILES string of the molecule is CSc1ccc(OCCC2CC2C2CCN(C(=O)OCC3CCC3)CC2)nc1. The van der Waals surface area contributed by atoms with Crippen LogP contribution in [-0.2, 0) is 4.74 Å². The first-order chi connectivity index (χ1) is 13.7. The van der Waals surface area contributed by atoms with E-state index in [4.69, 9.17) is 9.47 Å². The Bertz CT molecular complexity index is 642. The zero-order chi connectivity index (χ0) is 19.3. The highest BCUT2D eigenvalue weighted by molar-refractivity contribution is 7.98. The van der Waals surface area contributed by atoms with Gasteiger partial charge in [0, 0.05) is 30.2 Å². The lowest BCUT2D eigenvalue weighted by atomic mass is 9.86. The molecular weight excluding hydrogens is 372 g/mol. The van der Waals surface area contributed by atoms with Crippen LogP contribution in [0, 0.1) is 23.7 Å². The van der Waals surface area contributed by atoms with Gasteiger partial charge in [-0.05, 0) is 74.5 Å². The Kier molecular flexibility index (Phi) is 6.65. The number of aromatic nitrogens is 1. The summed E-state index contributed by atoms with van der Waals surface area (Å²) in [7, 11) is 0. The van der Waals surface area contributed by atoms with E-state index in [1.165, 1.54) is 25.7 Å². The van der Waals surface area contributed by atoms with Crippen LogP contribution < -0.4 is 4.74 Å². The van der Waals surface area contributed by atoms with Gasteiger partial charge in [-0.2, -0.15) is 0 Å². The van der Waals surface area contributed by atoms with Gasteiger partial charge in [-0.15, -0.1) is 11.8 Å². The standard InChI is InChI=1S/C22H32N2O3S/c1-28-19-5-6-21(23-14-19)26-12-9-18-13-20(18)17-7-10-24(11-8-17)22(25)27-15-16-3-2-4-16/h5-6,14,16-18,20H,2-4,7-13,15H2,1H3. The summed E-state index contributed by atoms with van der Waals surface area (Å²) >= 11 is 1.69. The summed E-state index contributed by atoms with van der Waals surface area (Å²) in [6, 6.07) is 4.01.